The number of hydrogen-bond acceptors (Lipinski definition) is 2. The van der Waals surface area contributed by atoms with Gasteiger partial charge >= 0.3 is 5.97 Å². The highest BCUT2D eigenvalue weighted by Crippen LogP contribution is 2.28. The van der Waals surface area contributed by atoms with Crippen LogP contribution in [-0.2, 0) is 9.53 Å². The maximum Gasteiger partial charge on any atom is 0.305 e. The zero-order valence-electron chi connectivity index (χ0n) is 10.9. The van der Waals surface area contributed by atoms with Crippen molar-refractivity contribution in [2.24, 2.45) is 0 Å². The Morgan fingerprint density at radius 3 is 2.68 bits per heavy atom. The first-order chi connectivity index (χ1) is 9.20. The number of ether oxygens (including phenoxy) is 1. The molecule has 1 atom stereocenters. The summed E-state index contributed by atoms with van der Waals surface area (Å²) >= 11 is 6.34. The standard InChI is InChI=1S/C16H17ClO2/c1-2-19-16(18)10-9-15(17)14-8-7-12-5-3-4-6-13(12)11-14/h3-8,11,15H,2,9-10H2,1H3/t15-/m0/s1. The minimum atomic E-state index is -0.186. The fraction of sp³-hybridized carbons (Fsp3) is 0.312. The lowest BCUT2D eigenvalue weighted by Crippen LogP contribution is -2.05. The van der Waals surface area contributed by atoms with Crippen LogP contribution in [0.15, 0.2) is 42.5 Å². The Hall–Kier alpha value is -1.54. The maximum absolute atomic E-state index is 11.3. The summed E-state index contributed by atoms with van der Waals surface area (Å²) in [5, 5.41) is 2.20. The molecule has 0 aromatic heterocycles. The molecule has 0 aliphatic heterocycles. The monoisotopic (exact) mass is 276 g/mol. The van der Waals surface area contributed by atoms with Crippen molar-refractivity contribution in [1.29, 1.82) is 0 Å². The molecule has 0 unspecified atom stereocenters. The summed E-state index contributed by atoms with van der Waals surface area (Å²) in [5.74, 6) is -0.186. The Bertz CT molecular complexity index is 565. The Kier molecular flexibility index (Phi) is 4.80. The first-order valence-electron chi connectivity index (χ1n) is 6.49. The fourth-order valence-electron chi connectivity index (χ4n) is 2.05. The Labute approximate surface area is 118 Å². The van der Waals surface area contributed by atoms with Crippen LogP contribution in [0.25, 0.3) is 10.8 Å². The summed E-state index contributed by atoms with van der Waals surface area (Å²) in [5.41, 5.74) is 1.05. The van der Waals surface area contributed by atoms with Crippen molar-refractivity contribution in [1.82, 2.24) is 0 Å². The van der Waals surface area contributed by atoms with E-state index in [1.807, 2.05) is 18.2 Å². The lowest BCUT2D eigenvalue weighted by molar-refractivity contribution is -0.143. The molecule has 0 spiro atoms. The highest BCUT2D eigenvalue weighted by atomic mass is 35.5. The molecular weight excluding hydrogens is 260 g/mol. The molecule has 3 heteroatoms. The molecule has 0 aliphatic rings. The number of benzene rings is 2. The minimum Gasteiger partial charge on any atom is -0.466 e. The molecule has 2 rings (SSSR count). The normalized spacial score (nSPS) is 12.3. The van der Waals surface area contributed by atoms with Crippen molar-refractivity contribution in [3.63, 3.8) is 0 Å². The van der Waals surface area contributed by atoms with Gasteiger partial charge in [0.15, 0.2) is 0 Å². The average molecular weight is 277 g/mol. The lowest BCUT2D eigenvalue weighted by Gasteiger charge is -2.10. The van der Waals surface area contributed by atoms with Gasteiger partial charge in [0, 0.05) is 6.42 Å². The SMILES string of the molecule is CCOC(=O)CC[C@H](Cl)c1ccc2ccccc2c1. The zero-order chi connectivity index (χ0) is 13.7. The summed E-state index contributed by atoms with van der Waals surface area (Å²) in [6.07, 6.45) is 0.952. The summed E-state index contributed by atoms with van der Waals surface area (Å²) in [7, 11) is 0. The van der Waals surface area contributed by atoms with Crippen LogP contribution in [-0.4, -0.2) is 12.6 Å². The second kappa shape index (κ2) is 6.58. The van der Waals surface area contributed by atoms with Gasteiger partial charge in [0.1, 0.15) is 0 Å². The molecule has 19 heavy (non-hydrogen) atoms. The predicted molar refractivity (Wildman–Crippen MR) is 78.4 cm³/mol. The largest absolute Gasteiger partial charge is 0.466 e. The Balaban J connectivity index is 2.04. The number of carbonyl (C=O) groups is 1. The van der Waals surface area contributed by atoms with E-state index in [0.717, 1.165) is 5.56 Å². The highest BCUT2D eigenvalue weighted by molar-refractivity contribution is 6.21. The molecule has 0 saturated heterocycles. The number of alkyl halides is 1. The summed E-state index contributed by atoms with van der Waals surface area (Å²) in [6, 6.07) is 14.3. The van der Waals surface area contributed by atoms with Crippen LogP contribution in [0.4, 0.5) is 0 Å². The molecule has 0 heterocycles. The van der Waals surface area contributed by atoms with Crippen molar-refractivity contribution < 1.29 is 9.53 Å². The molecule has 100 valence electrons. The third kappa shape index (κ3) is 3.71. The molecule has 0 bridgehead atoms. The molecule has 0 saturated carbocycles. The Morgan fingerprint density at radius 1 is 1.21 bits per heavy atom. The van der Waals surface area contributed by atoms with Crippen molar-refractivity contribution in [3.8, 4) is 0 Å². The van der Waals surface area contributed by atoms with Gasteiger partial charge in [-0.15, -0.1) is 11.6 Å². The first kappa shape index (κ1) is 13.9. The van der Waals surface area contributed by atoms with Crippen molar-refractivity contribution in [3.05, 3.63) is 48.0 Å². The quantitative estimate of drug-likeness (QED) is 0.595. The summed E-state index contributed by atoms with van der Waals surface area (Å²) < 4.78 is 4.90. The molecule has 2 aromatic rings. The van der Waals surface area contributed by atoms with Gasteiger partial charge in [0.05, 0.1) is 12.0 Å². The predicted octanol–water partition coefficient (Wildman–Crippen LogP) is 4.46. The molecule has 2 aromatic carbocycles. The first-order valence-corrected chi connectivity index (χ1v) is 6.92. The smallest absolute Gasteiger partial charge is 0.305 e. The molecule has 0 N–H and O–H groups in total. The van der Waals surface area contributed by atoms with Crippen molar-refractivity contribution in [2.75, 3.05) is 6.61 Å². The van der Waals surface area contributed by atoms with Crippen LogP contribution in [0, 0.1) is 0 Å². The lowest BCUT2D eigenvalue weighted by atomic mass is 10.0. The number of rotatable bonds is 5. The third-order valence-corrected chi connectivity index (χ3v) is 3.51. The second-order valence-electron chi connectivity index (χ2n) is 4.42. The molecule has 0 radical (unpaired) electrons. The van der Waals surface area contributed by atoms with E-state index < -0.39 is 0 Å². The number of hydrogen-bond donors (Lipinski definition) is 0. The van der Waals surface area contributed by atoms with E-state index in [9.17, 15) is 4.79 Å². The third-order valence-electron chi connectivity index (χ3n) is 3.04. The van der Waals surface area contributed by atoms with Crippen molar-refractivity contribution >= 4 is 28.3 Å². The van der Waals surface area contributed by atoms with Crippen LogP contribution in [0.5, 0.6) is 0 Å². The molecule has 0 aliphatic carbocycles. The van der Waals surface area contributed by atoms with Gasteiger partial charge < -0.3 is 4.74 Å². The highest BCUT2D eigenvalue weighted by Gasteiger charge is 2.11. The van der Waals surface area contributed by atoms with Crippen LogP contribution >= 0.6 is 11.6 Å². The van der Waals surface area contributed by atoms with E-state index in [0.29, 0.717) is 19.4 Å². The van der Waals surface area contributed by atoms with E-state index in [-0.39, 0.29) is 11.3 Å². The summed E-state index contributed by atoms with van der Waals surface area (Å²) in [4.78, 5) is 11.3. The maximum atomic E-state index is 11.3. The zero-order valence-corrected chi connectivity index (χ0v) is 11.7. The van der Waals surface area contributed by atoms with Crippen LogP contribution in [0.1, 0.15) is 30.7 Å². The van der Waals surface area contributed by atoms with Gasteiger partial charge in [-0.3, -0.25) is 4.79 Å². The van der Waals surface area contributed by atoms with E-state index in [1.54, 1.807) is 6.92 Å². The van der Waals surface area contributed by atoms with Gasteiger partial charge in [-0.05, 0) is 35.7 Å². The number of esters is 1. The van der Waals surface area contributed by atoms with Crippen LogP contribution in [0.3, 0.4) is 0 Å². The average Bonchev–Trinajstić information content (AvgIpc) is 2.44. The molecule has 2 nitrogen and oxygen atoms in total. The van der Waals surface area contributed by atoms with E-state index >= 15 is 0 Å². The number of halogens is 1. The molecule has 0 fully saturated rings. The minimum absolute atomic E-state index is 0.158. The summed E-state index contributed by atoms with van der Waals surface area (Å²) in [6.45, 7) is 2.22. The number of fused-ring (bicyclic) bond motifs is 1. The van der Waals surface area contributed by atoms with Crippen molar-refractivity contribution in [2.45, 2.75) is 25.1 Å². The number of carbonyl (C=O) groups excluding carboxylic acids is 1. The van der Waals surface area contributed by atoms with Crippen LogP contribution < -0.4 is 0 Å². The Morgan fingerprint density at radius 2 is 1.95 bits per heavy atom. The van der Waals surface area contributed by atoms with Gasteiger partial charge in [-0.25, -0.2) is 0 Å². The van der Waals surface area contributed by atoms with Gasteiger partial charge in [0.2, 0.25) is 0 Å². The van der Waals surface area contributed by atoms with E-state index in [1.165, 1.54) is 10.8 Å². The van der Waals surface area contributed by atoms with E-state index in [4.69, 9.17) is 16.3 Å². The molecular formula is C16H17ClO2. The van der Waals surface area contributed by atoms with Gasteiger partial charge in [-0.1, -0.05) is 36.4 Å². The second-order valence-corrected chi connectivity index (χ2v) is 4.94. The molecule has 0 amide bonds. The topological polar surface area (TPSA) is 26.3 Å². The van der Waals surface area contributed by atoms with Gasteiger partial charge in [0.25, 0.3) is 0 Å². The van der Waals surface area contributed by atoms with Gasteiger partial charge in [-0.2, -0.15) is 0 Å². The van der Waals surface area contributed by atoms with E-state index in [2.05, 4.69) is 24.3 Å². The fourth-order valence-corrected chi connectivity index (χ4v) is 2.29. The van der Waals surface area contributed by atoms with Crippen LogP contribution in [0.2, 0.25) is 0 Å².